The summed E-state index contributed by atoms with van der Waals surface area (Å²) in [6.45, 7) is 4.11. The van der Waals surface area contributed by atoms with Crippen LogP contribution in [0, 0.1) is 6.92 Å². The molecule has 3 rings (SSSR count). The van der Waals surface area contributed by atoms with Gasteiger partial charge in [-0.25, -0.2) is 0 Å². The van der Waals surface area contributed by atoms with Gasteiger partial charge in [-0.3, -0.25) is 0 Å². The van der Waals surface area contributed by atoms with E-state index in [0.29, 0.717) is 18.3 Å². The molecule has 1 aliphatic rings. The summed E-state index contributed by atoms with van der Waals surface area (Å²) in [5, 5.41) is 3.98. The van der Waals surface area contributed by atoms with E-state index in [1.54, 1.807) is 0 Å². The maximum atomic E-state index is 5.50. The van der Waals surface area contributed by atoms with E-state index >= 15 is 0 Å². The minimum atomic E-state index is 0.287. The lowest BCUT2D eigenvalue weighted by atomic mass is 9.98. The van der Waals surface area contributed by atoms with Crippen LogP contribution < -0.4 is 10.6 Å². The Balaban J connectivity index is 1.89. The predicted octanol–water partition coefficient (Wildman–Crippen LogP) is 2.55. The average Bonchev–Trinajstić information content (AvgIpc) is 2.86. The van der Waals surface area contributed by atoms with Gasteiger partial charge in [0.15, 0.2) is 5.82 Å². The number of halogens is 1. The first kappa shape index (κ1) is 13.6. The van der Waals surface area contributed by atoms with Crippen molar-refractivity contribution in [2.75, 3.05) is 11.4 Å². The first-order chi connectivity index (χ1) is 9.67. The van der Waals surface area contributed by atoms with Crippen molar-refractivity contribution in [1.29, 1.82) is 0 Å². The largest absolute Gasteiger partial charge is 0.363 e. The molecule has 6 heteroatoms. The number of aryl methyl sites for hydroxylation is 2. The third-order valence-electron chi connectivity index (χ3n) is 3.55. The number of rotatable bonds is 3. The van der Waals surface area contributed by atoms with E-state index in [9.17, 15) is 0 Å². The molecule has 0 saturated carbocycles. The lowest BCUT2D eigenvalue weighted by Crippen LogP contribution is -2.30. The smallest absolute Gasteiger partial charge is 0.240 e. The van der Waals surface area contributed by atoms with Crippen molar-refractivity contribution in [3.63, 3.8) is 0 Å². The summed E-state index contributed by atoms with van der Waals surface area (Å²) in [5.41, 5.74) is 9.46. The molecule has 1 aliphatic heterocycles. The van der Waals surface area contributed by atoms with Gasteiger partial charge in [-0.05, 0) is 43.0 Å². The second-order valence-corrected chi connectivity index (χ2v) is 5.98. The zero-order chi connectivity index (χ0) is 14.1. The Labute approximate surface area is 126 Å². The fourth-order valence-corrected chi connectivity index (χ4v) is 3.41. The molecule has 1 aromatic carbocycles. The Morgan fingerprint density at radius 1 is 1.45 bits per heavy atom. The molecule has 0 saturated heterocycles. The van der Waals surface area contributed by atoms with Crippen LogP contribution >= 0.6 is 15.9 Å². The Hall–Kier alpha value is -1.40. The summed E-state index contributed by atoms with van der Waals surface area (Å²) in [5.74, 6) is 1.19. The first-order valence-corrected chi connectivity index (χ1v) is 7.52. The average molecular weight is 337 g/mol. The zero-order valence-corrected chi connectivity index (χ0v) is 13.0. The molecule has 0 spiro atoms. The maximum absolute atomic E-state index is 5.50. The highest BCUT2D eigenvalue weighted by Crippen LogP contribution is 2.34. The Morgan fingerprint density at radius 2 is 2.30 bits per heavy atom. The van der Waals surface area contributed by atoms with Crippen molar-refractivity contribution >= 4 is 21.6 Å². The van der Waals surface area contributed by atoms with Gasteiger partial charge in [-0.2, -0.15) is 4.98 Å². The molecule has 0 aliphatic carbocycles. The van der Waals surface area contributed by atoms with Gasteiger partial charge in [0.25, 0.3) is 0 Å². The maximum Gasteiger partial charge on any atom is 0.240 e. The summed E-state index contributed by atoms with van der Waals surface area (Å²) in [6, 6.07) is 4.36. The van der Waals surface area contributed by atoms with Gasteiger partial charge in [0.1, 0.15) is 0 Å². The predicted molar refractivity (Wildman–Crippen MR) is 80.4 cm³/mol. The van der Waals surface area contributed by atoms with Gasteiger partial charge in [-0.1, -0.05) is 21.1 Å². The molecule has 5 nitrogen and oxygen atoms in total. The minimum Gasteiger partial charge on any atom is -0.363 e. The van der Waals surface area contributed by atoms with Gasteiger partial charge in [0.05, 0.1) is 13.1 Å². The standard InChI is InChI=1S/C14H17BrN4O/c1-9-5-11(15)6-10-3-2-4-19(14(9)10)8-12-17-13(7-16)20-18-12/h5-6H,2-4,7-8,16H2,1H3. The molecule has 0 atom stereocenters. The molecule has 0 amide bonds. The molecule has 0 radical (unpaired) electrons. The van der Waals surface area contributed by atoms with Gasteiger partial charge in [0, 0.05) is 16.7 Å². The SMILES string of the molecule is Cc1cc(Br)cc2c1N(Cc1noc(CN)n1)CCC2. The Bertz CT molecular complexity index is 626. The number of nitrogens with zero attached hydrogens (tertiary/aromatic N) is 3. The van der Waals surface area contributed by atoms with Crippen LogP contribution in [0.3, 0.4) is 0 Å². The lowest BCUT2D eigenvalue weighted by Gasteiger charge is -2.32. The van der Waals surface area contributed by atoms with Crippen LogP contribution in [-0.4, -0.2) is 16.7 Å². The van der Waals surface area contributed by atoms with E-state index in [1.807, 2.05) is 0 Å². The number of benzene rings is 1. The van der Waals surface area contributed by atoms with E-state index in [-0.39, 0.29) is 6.54 Å². The van der Waals surface area contributed by atoms with Crippen molar-refractivity contribution in [2.24, 2.45) is 5.73 Å². The molecule has 1 aromatic heterocycles. The van der Waals surface area contributed by atoms with Crippen molar-refractivity contribution in [3.8, 4) is 0 Å². The van der Waals surface area contributed by atoms with E-state index in [1.165, 1.54) is 16.8 Å². The Kier molecular flexibility index (Phi) is 3.76. The molecule has 0 bridgehead atoms. The second kappa shape index (κ2) is 5.54. The molecule has 2 aromatic rings. The molecule has 106 valence electrons. The van der Waals surface area contributed by atoms with E-state index in [0.717, 1.165) is 23.9 Å². The van der Waals surface area contributed by atoms with Crippen LogP contribution in [0.1, 0.15) is 29.3 Å². The zero-order valence-electron chi connectivity index (χ0n) is 11.4. The monoisotopic (exact) mass is 336 g/mol. The highest BCUT2D eigenvalue weighted by atomic mass is 79.9. The van der Waals surface area contributed by atoms with Gasteiger partial charge in [0.2, 0.25) is 5.89 Å². The topological polar surface area (TPSA) is 68.2 Å². The second-order valence-electron chi connectivity index (χ2n) is 5.06. The van der Waals surface area contributed by atoms with Crippen LogP contribution in [0.2, 0.25) is 0 Å². The normalized spacial score (nSPS) is 14.4. The summed E-state index contributed by atoms with van der Waals surface area (Å²) in [7, 11) is 0. The van der Waals surface area contributed by atoms with Crippen molar-refractivity contribution in [3.05, 3.63) is 39.4 Å². The summed E-state index contributed by atoms with van der Waals surface area (Å²) in [6.07, 6.45) is 2.26. The number of hydrogen-bond donors (Lipinski definition) is 1. The van der Waals surface area contributed by atoms with Crippen molar-refractivity contribution in [2.45, 2.75) is 32.9 Å². The van der Waals surface area contributed by atoms with E-state index in [4.69, 9.17) is 10.3 Å². The van der Waals surface area contributed by atoms with E-state index < -0.39 is 0 Å². The molecule has 2 heterocycles. The first-order valence-electron chi connectivity index (χ1n) is 6.73. The fraction of sp³-hybridized carbons (Fsp3) is 0.429. The molecular weight excluding hydrogens is 320 g/mol. The Morgan fingerprint density at radius 3 is 3.05 bits per heavy atom. The summed E-state index contributed by atoms with van der Waals surface area (Å²) >= 11 is 3.57. The third kappa shape index (κ3) is 2.58. The highest BCUT2D eigenvalue weighted by molar-refractivity contribution is 9.10. The van der Waals surface area contributed by atoms with Crippen LogP contribution in [0.25, 0.3) is 0 Å². The van der Waals surface area contributed by atoms with Crippen molar-refractivity contribution < 1.29 is 4.52 Å². The van der Waals surface area contributed by atoms with E-state index in [2.05, 4.69) is 50.0 Å². The highest BCUT2D eigenvalue weighted by Gasteiger charge is 2.21. The lowest BCUT2D eigenvalue weighted by molar-refractivity contribution is 0.374. The fourth-order valence-electron chi connectivity index (χ4n) is 2.79. The van der Waals surface area contributed by atoms with Crippen LogP contribution in [0.15, 0.2) is 21.1 Å². The molecule has 2 N–H and O–H groups in total. The molecular formula is C14H17BrN4O. The summed E-state index contributed by atoms with van der Waals surface area (Å²) in [4.78, 5) is 6.61. The number of nitrogens with two attached hydrogens (primary N) is 1. The number of anilines is 1. The molecule has 0 fully saturated rings. The van der Waals surface area contributed by atoms with Gasteiger partial charge < -0.3 is 15.2 Å². The van der Waals surface area contributed by atoms with Crippen LogP contribution in [0.5, 0.6) is 0 Å². The van der Waals surface area contributed by atoms with Crippen molar-refractivity contribution in [1.82, 2.24) is 10.1 Å². The van der Waals surface area contributed by atoms with Gasteiger partial charge >= 0.3 is 0 Å². The summed E-state index contributed by atoms with van der Waals surface area (Å²) < 4.78 is 6.21. The minimum absolute atomic E-state index is 0.287. The number of hydrogen-bond acceptors (Lipinski definition) is 5. The number of fused-ring (bicyclic) bond motifs is 1. The molecule has 20 heavy (non-hydrogen) atoms. The molecule has 0 unspecified atom stereocenters. The van der Waals surface area contributed by atoms with Crippen LogP contribution in [0.4, 0.5) is 5.69 Å². The van der Waals surface area contributed by atoms with Gasteiger partial charge in [-0.15, -0.1) is 0 Å². The quantitative estimate of drug-likeness (QED) is 0.932. The third-order valence-corrected chi connectivity index (χ3v) is 4.01. The number of aromatic nitrogens is 2. The van der Waals surface area contributed by atoms with Crippen LogP contribution in [-0.2, 0) is 19.5 Å².